The van der Waals surface area contributed by atoms with Gasteiger partial charge in [0.1, 0.15) is 0 Å². The van der Waals surface area contributed by atoms with Crippen LogP contribution in [0.1, 0.15) is 63.1 Å². The molecule has 1 aromatic rings. The Morgan fingerprint density at radius 1 is 1.27 bits per heavy atom. The van der Waals surface area contributed by atoms with Crippen molar-refractivity contribution in [1.82, 2.24) is 20.4 Å². The largest absolute Gasteiger partial charge is 0.340 e. The van der Waals surface area contributed by atoms with Crippen LogP contribution < -0.4 is 5.32 Å². The third-order valence-electron chi connectivity index (χ3n) is 4.84. The summed E-state index contributed by atoms with van der Waals surface area (Å²) in [5.74, 6) is 1.35. The molecule has 22 heavy (non-hydrogen) atoms. The molecule has 1 aliphatic heterocycles. The van der Waals surface area contributed by atoms with Gasteiger partial charge in [0.15, 0.2) is 5.82 Å². The van der Waals surface area contributed by atoms with E-state index in [9.17, 15) is 4.79 Å². The van der Waals surface area contributed by atoms with Gasteiger partial charge in [0, 0.05) is 32.0 Å². The molecule has 1 saturated heterocycles. The molecule has 0 radical (unpaired) electrons. The minimum atomic E-state index is 0.124. The molecule has 1 N–H and O–H groups in total. The highest BCUT2D eigenvalue weighted by molar-refractivity contribution is 5.75. The van der Waals surface area contributed by atoms with Gasteiger partial charge in [-0.1, -0.05) is 24.4 Å². The molecule has 1 atom stereocenters. The van der Waals surface area contributed by atoms with E-state index in [4.69, 9.17) is 4.52 Å². The van der Waals surface area contributed by atoms with Gasteiger partial charge in [0.25, 0.3) is 0 Å². The van der Waals surface area contributed by atoms with Gasteiger partial charge in [0.05, 0.1) is 0 Å². The van der Waals surface area contributed by atoms with Gasteiger partial charge in [-0.2, -0.15) is 4.98 Å². The zero-order valence-corrected chi connectivity index (χ0v) is 13.4. The molecule has 1 unspecified atom stereocenters. The van der Waals surface area contributed by atoms with Gasteiger partial charge in [-0.3, -0.25) is 0 Å². The first-order valence-electron chi connectivity index (χ1n) is 8.58. The molecule has 122 valence electrons. The van der Waals surface area contributed by atoms with Crippen molar-refractivity contribution in [2.24, 2.45) is 0 Å². The Hall–Kier alpha value is -1.59. The first-order chi connectivity index (χ1) is 10.7. The molecule has 2 heterocycles. The fraction of sp³-hybridized carbons (Fsp3) is 0.812. The number of rotatable bonds is 4. The maximum atomic E-state index is 12.5. The van der Waals surface area contributed by atoms with E-state index in [1.54, 1.807) is 6.92 Å². The number of amides is 2. The zero-order valence-electron chi connectivity index (χ0n) is 13.4. The highest BCUT2D eigenvalue weighted by Gasteiger charge is 2.30. The number of nitrogens with zero attached hydrogens (tertiary/aromatic N) is 3. The summed E-state index contributed by atoms with van der Waals surface area (Å²) < 4.78 is 5.00. The molecule has 2 fully saturated rings. The van der Waals surface area contributed by atoms with E-state index >= 15 is 0 Å². The summed E-state index contributed by atoms with van der Waals surface area (Å²) in [5.41, 5.74) is 0. The fourth-order valence-electron chi connectivity index (χ4n) is 3.65. The molecule has 1 aromatic heterocycles. The number of likely N-dealkylation sites (tertiary alicyclic amines) is 1. The molecule has 0 spiro atoms. The van der Waals surface area contributed by atoms with Gasteiger partial charge >= 0.3 is 6.03 Å². The van der Waals surface area contributed by atoms with E-state index in [2.05, 4.69) is 15.5 Å². The molecule has 6 heteroatoms. The Kier molecular flexibility index (Phi) is 4.95. The predicted molar refractivity (Wildman–Crippen MR) is 82.5 cm³/mol. The maximum Gasteiger partial charge on any atom is 0.317 e. The molecule has 1 saturated carbocycles. The molecular formula is C16H26N4O2. The molecule has 2 aliphatic rings. The lowest BCUT2D eigenvalue weighted by atomic mass is 9.96. The third kappa shape index (κ3) is 3.78. The number of nitrogens with one attached hydrogen (secondary N) is 1. The van der Waals surface area contributed by atoms with Gasteiger partial charge in [-0.15, -0.1) is 0 Å². The van der Waals surface area contributed by atoms with Crippen molar-refractivity contribution in [2.45, 2.75) is 76.8 Å². The molecule has 1 aliphatic carbocycles. The van der Waals surface area contributed by atoms with Gasteiger partial charge in [-0.25, -0.2) is 4.79 Å². The second-order valence-electron chi connectivity index (χ2n) is 6.54. The molecule has 0 bridgehead atoms. The van der Waals surface area contributed by atoms with Crippen LogP contribution in [0.2, 0.25) is 0 Å². The van der Waals surface area contributed by atoms with Crippen LogP contribution in [0.3, 0.4) is 0 Å². The van der Waals surface area contributed by atoms with Crippen LogP contribution in [0, 0.1) is 6.92 Å². The second-order valence-corrected chi connectivity index (χ2v) is 6.54. The van der Waals surface area contributed by atoms with Crippen LogP contribution >= 0.6 is 0 Å². The average Bonchev–Trinajstić information content (AvgIpc) is 3.15. The quantitative estimate of drug-likeness (QED) is 0.928. The summed E-state index contributed by atoms with van der Waals surface area (Å²) in [6.45, 7) is 2.67. The summed E-state index contributed by atoms with van der Waals surface area (Å²) >= 11 is 0. The first-order valence-corrected chi connectivity index (χ1v) is 8.58. The zero-order chi connectivity index (χ0) is 15.4. The molecule has 2 amide bonds. The number of aryl methyl sites for hydroxylation is 2. The Balaban J connectivity index is 1.49. The van der Waals surface area contributed by atoms with E-state index in [-0.39, 0.29) is 6.03 Å². The van der Waals surface area contributed by atoms with Crippen molar-refractivity contribution in [3.8, 4) is 0 Å². The van der Waals surface area contributed by atoms with E-state index in [0.717, 1.165) is 50.9 Å². The third-order valence-corrected chi connectivity index (χ3v) is 4.84. The Bertz CT molecular complexity index is 496. The summed E-state index contributed by atoms with van der Waals surface area (Å²) in [6.07, 6.45) is 9.91. The Morgan fingerprint density at radius 2 is 2.09 bits per heavy atom. The first kappa shape index (κ1) is 15.3. The van der Waals surface area contributed by atoms with Crippen molar-refractivity contribution < 1.29 is 9.32 Å². The summed E-state index contributed by atoms with van der Waals surface area (Å²) in [6, 6.07) is 0.809. The van der Waals surface area contributed by atoms with Crippen molar-refractivity contribution in [1.29, 1.82) is 0 Å². The number of aromatic nitrogens is 2. The second kappa shape index (κ2) is 7.11. The lowest BCUT2D eigenvalue weighted by Gasteiger charge is -2.29. The molecular weight excluding hydrogens is 280 g/mol. The Morgan fingerprint density at radius 3 is 2.82 bits per heavy atom. The lowest BCUT2D eigenvalue weighted by Crippen LogP contribution is -2.47. The van der Waals surface area contributed by atoms with Gasteiger partial charge in [-0.05, 0) is 32.1 Å². The standard InChI is InChI=1S/C16H26N4O2/c1-12-17-15(19-22-12)10-9-14-8-5-11-20(14)16(21)18-13-6-3-2-4-7-13/h13-14H,2-11H2,1H3,(H,18,21). The minimum absolute atomic E-state index is 0.124. The number of urea groups is 1. The smallest absolute Gasteiger partial charge is 0.317 e. The maximum absolute atomic E-state index is 12.5. The highest BCUT2D eigenvalue weighted by atomic mass is 16.5. The minimum Gasteiger partial charge on any atom is -0.340 e. The number of hydrogen-bond donors (Lipinski definition) is 1. The summed E-state index contributed by atoms with van der Waals surface area (Å²) in [7, 11) is 0. The van der Waals surface area contributed by atoms with Crippen LogP contribution in [0.5, 0.6) is 0 Å². The van der Waals surface area contributed by atoms with Crippen LogP contribution in [-0.4, -0.2) is 39.7 Å². The normalized spacial score (nSPS) is 23.0. The van der Waals surface area contributed by atoms with Crippen LogP contribution in [0.4, 0.5) is 4.79 Å². The summed E-state index contributed by atoms with van der Waals surface area (Å²) in [4.78, 5) is 18.8. The van der Waals surface area contributed by atoms with Crippen LogP contribution in [0.25, 0.3) is 0 Å². The van der Waals surface area contributed by atoms with Crippen molar-refractivity contribution in [3.63, 3.8) is 0 Å². The van der Waals surface area contributed by atoms with E-state index < -0.39 is 0 Å². The molecule has 0 aromatic carbocycles. The Labute approximate surface area is 131 Å². The van der Waals surface area contributed by atoms with Gasteiger partial charge in [0.2, 0.25) is 5.89 Å². The van der Waals surface area contributed by atoms with Crippen LogP contribution in [-0.2, 0) is 6.42 Å². The average molecular weight is 306 g/mol. The van der Waals surface area contributed by atoms with Crippen molar-refractivity contribution in [3.05, 3.63) is 11.7 Å². The SMILES string of the molecule is Cc1nc(CCC2CCCN2C(=O)NC2CCCCC2)no1. The predicted octanol–water partition coefficient (Wildman–Crippen LogP) is 2.82. The highest BCUT2D eigenvalue weighted by Crippen LogP contribution is 2.23. The number of carbonyl (C=O) groups excluding carboxylic acids is 1. The van der Waals surface area contributed by atoms with E-state index in [0.29, 0.717) is 18.0 Å². The van der Waals surface area contributed by atoms with Crippen molar-refractivity contribution >= 4 is 6.03 Å². The van der Waals surface area contributed by atoms with Crippen molar-refractivity contribution in [2.75, 3.05) is 6.54 Å². The van der Waals surface area contributed by atoms with E-state index in [1.807, 2.05) is 4.90 Å². The van der Waals surface area contributed by atoms with Crippen LogP contribution in [0.15, 0.2) is 4.52 Å². The number of hydrogen-bond acceptors (Lipinski definition) is 4. The molecule has 3 rings (SSSR count). The number of carbonyl (C=O) groups is 1. The summed E-state index contributed by atoms with van der Waals surface area (Å²) in [5, 5.41) is 7.17. The fourth-order valence-corrected chi connectivity index (χ4v) is 3.65. The van der Waals surface area contributed by atoms with E-state index in [1.165, 1.54) is 19.3 Å². The lowest BCUT2D eigenvalue weighted by molar-refractivity contribution is 0.182. The van der Waals surface area contributed by atoms with Gasteiger partial charge < -0.3 is 14.7 Å². The topological polar surface area (TPSA) is 71.3 Å². The molecule has 6 nitrogen and oxygen atoms in total. The monoisotopic (exact) mass is 306 g/mol.